The minimum atomic E-state index is -1.23. The lowest BCUT2D eigenvalue weighted by molar-refractivity contribution is -0.150. The van der Waals surface area contributed by atoms with Crippen LogP contribution in [0.3, 0.4) is 0 Å². The predicted molar refractivity (Wildman–Crippen MR) is 119 cm³/mol. The Balaban J connectivity index is 2.65. The molecule has 8 heteroatoms. The highest BCUT2D eigenvalue weighted by Crippen LogP contribution is 2.30. The van der Waals surface area contributed by atoms with Gasteiger partial charge in [-0.05, 0) is 58.4 Å². The number of nitrogens with zero attached hydrogens (tertiary/aromatic N) is 1. The maximum absolute atomic E-state index is 12.6. The Morgan fingerprint density at radius 3 is 2.40 bits per heavy atom. The van der Waals surface area contributed by atoms with Crippen LogP contribution in [0.2, 0.25) is 25.7 Å². The molecule has 0 bridgehead atoms. The third kappa shape index (κ3) is 9.78. The number of piperidine rings is 1. The third-order valence-corrected chi connectivity index (χ3v) is 6.59. The van der Waals surface area contributed by atoms with Crippen molar-refractivity contribution in [3.8, 4) is 0 Å². The van der Waals surface area contributed by atoms with Crippen LogP contribution in [0, 0.1) is 5.92 Å². The number of amides is 1. The predicted octanol–water partition coefficient (Wildman–Crippen LogP) is 4.39. The van der Waals surface area contributed by atoms with Gasteiger partial charge in [-0.25, -0.2) is 14.4 Å². The summed E-state index contributed by atoms with van der Waals surface area (Å²) >= 11 is 0. The van der Waals surface area contributed by atoms with E-state index in [-0.39, 0.29) is 11.9 Å². The number of hydrogen-bond acceptors (Lipinski definition) is 6. The van der Waals surface area contributed by atoms with Crippen LogP contribution in [0.15, 0.2) is 12.2 Å². The van der Waals surface area contributed by atoms with E-state index in [4.69, 9.17) is 14.2 Å². The molecule has 1 fully saturated rings. The molecule has 0 unspecified atom stereocenters. The molecule has 172 valence electrons. The van der Waals surface area contributed by atoms with Gasteiger partial charge in [0.25, 0.3) is 0 Å². The highest BCUT2D eigenvalue weighted by molar-refractivity contribution is 6.76. The number of rotatable bonds is 8. The summed E-state index contributed by atoms with van der Waals surface area (Å²) < 4.78 is 15.7. The molecule has 1 rings (SSSR count). The molecule has 0 N–H and O–H groups in total. The molecule has 1 amide bonds. The molecule has 0 saturated carbocycles. The van der Waals surface area contributed by atoms with Gasteiger partial charge >= 0.3 is 18.0 Å². The van der Waals surface area contributed by atoms with E-state index in [0.29, 0.717) is 26.0 Å². The lowest BCUT2D eigenvalue weighted by atomic mass is 9.85. The average Bonchev–Trinajstić information content (AvgIpc) is 2.61. The summed E-state index contributed by atoms with van der Waals surface area (Å²) in [6.07, 6.45) is 5.61. The summed E-state index contributed by atoms with van der Waals surface area (Å²) in [5.74, 6) is -0.816. The van der Waals surface area contributed by atoms with Crippen LogP contribution < -0.4 is 0 Å². The van der Waals surface area contributed by atoms with Crippen LogP contribution in [-0.4, -0.2) is 62.9 Å². The standard InChI is InChI=1S/C22H39NO6Si/c1-22(2,3)29-21(26)23-14-10-12-17(19(23)20(25)27-4)11-8-9-13-18(24)28-15-16-30(5,6)7/h9,13,17,19H,8,10-12,14-16H2,1-7H3/b13-9+/t17-,19+/m1/s1. The normalized spacial score (nSPS) is 20.2. The smallest absolute Gasteiger partial charge is 0.411 e. The van der Waals surface area contributed by atoms with E-state index in [1.165, 1.54) is 18.1 Å². The second kappa shape index (κ2) is 11.5. The molecule has 1 heterocycles. The van der Waals surface area contributed by atoms with Crippen molar-refractivity contribution in [1.29, 1.82) is 0 Å². The minimum absolute atomic E-state index is 0.0497. The molecule has 0 spiro atoms. The van der Waals surface area contributed by atoms with Gasteiger partial charge in [0.2, 0.25) is 0 Å². The monoisotopic (exact) mass is 441 g/mol. The number of hydrogen-bond donors (Lipinski definition) is 0. The fourth-order valence-electron chi connectivity index (χ4n) is 3.34. The SMILES string of the molecule is COC(=O)[C@@H]1[C@H](CC/C=C/C(=O)OCC[Si](C)(C)C)CCCN1C(=O)OC(C)(C)C. The van der Waals surface area contributed by atoms with Crippen molar-refractivity contribution in [3.63, 3.8) is 0 Å². The fourth-order valence-corrected chi connectivity index (χ4v) is 4.05. The maximum atomic E-state index is 12.6. The van der Waals surface area contributed by atoms with Gasteiger partial charge in [-0.1, -0.05) is 25.7 Å². The van der Waals surface area contributed by atoms with Crippen molar-refractivity contribution in [2.75, 3.05) is 20.3 Å². The molecule has 30 heavy (non-hydrogen) atoms. The molecule has 0 aromatic carbocycles. The van der Waals surface area contributed by atoms with Gasteiger partial charge in [-0.3, -0.25) is 4.90 Å². The molecule has 1 aliphatic rings. The molecule has 0 aromatic rings. The Labute approximate surface area is 182 Å². The van der Waals surface area contributed by atoms with Crippen LogP contribution in [0.5, 0.6) is 0 Å². The van der Waals surface area contributed by atoms with Crippen molar-refractivity contribution in [1.82, 2.24) is 4.90 Å². The Kier molecular flexibility index (Phi) is 10.1. The molecule has 0 radical (unpaired) electrons. The molecule has 0 aliphatic carbocycles. The molecule has 1 saturated heterocycles. The number of carbonyl (C=O) groups is 3. The number of allylic oxidation sites excluding steroid dienone is 1. The highest BCUT2D eigenvalue weighted by atomic mass is 28.3. The minimum Gasteiger partial charge on any atom is -0.467 e. The van der Waals surface area contributed by atoms with Gasteiger partial charge in [-0.2, -0.15) is 0 Å². The lowest BCUT2D eigenvalue weighted by Crippen LogP contribution is -2.54. The van der Waals surface area contributed by atoms with Crippen molar-refractivity contribution in [2.24, 2.45) is 5.92 Å². The summed E-state index contributed by atoms with van der Waals surface area (Å²) in [6, 6.07) is 0.270. The van der Waals surface area contributed by atoms with Gasteiger partial charge in [-0.15, -0.1) is 0 Å². The molecule has 0 aromatic heterocycles. The van der Waals surface area contributed by atoms with Crippen molar-refractivity contribution in [2.45, 2.75) is 83.8 Å². The Bertz CT molecular complexity index is 620. The second-order valence-electron chi connectivity index (χ2n) is 10.0. The number of ether oxygens (including phenoxy) is 3. The van der Waals surface area contributed by atoms with Crippen LogP contribution >= 0.6 is 0 Å². The summed E-state index contributed by atoms with van der Waals surface area (Å²) in [6.45, 7) is 13.0. The first-order valence-corrected chi connectivity index (χ1v) is 14.5. The summed E-state index contributed by atoms with van der Waals surface area (Å²) in [5.41, 5.74) is -0.636. The maximum Gasteiger partial charge on any atom is 0.411 e. The van der Waals surface area contributed by atoms with E-state index in [1.54, 1.807) is 26.8 Å². The van der Waals surface area contributed by atoms with Crippen LogP contribution in [-0.2, 0) is 23.8 Å². The van der Waals surface area contributed by atoms with E-state index in [0.717, 1.165) is 18.9 Å². The van der Waals surface area contributed by atoms with E-state index < -0.39 is 31.8 Å². The number of methoxy groups -OCH3 is 1. The van der Waals surface area contributed by atoms with Gasteiger partial charge in [0, 0.05) is 20.7 Å². The van der Waals surface area contributed by atoms with Crippen LogP contribution in [0.4, 0.5) is 4.79 Å². The second-order valence-corrected chi connectivity index (χ2v) is 15.6. The zero-order chi connectivity index (χ0) is 22.9. The Hall–Kier alpha value is -1.83. The highest BCUT2D eigenvalue weighted by Gasteiger charge is 2.41. The number of carbonyl (C=O) groups excluding carboxylic acids is 3. The quantitative estimate of drug-likeness (QED) is 0.240. The first-order valence-electron chi connectivity index (χ1n) is 10.7. The summed E-state index contributed by atoms with van der Waals surface area (Å²) in [4.78, 5) is 38.4. The first-order chi connectivity index (χ1) is 13.8. The van der Waals surface area contributed by atoms with Crippen molar-refractivity contribution < 1.29 is 28.6 Å². The molecule has 2 atom stereocenters. The van der Waals surface area contributed by atoms with E-state index in [2.05, 4.69) is 19.6 Å². The summed E-state index contributed by atoms with van der Waals surface area (Å²) in [5, 5.41) is 0. The van der Waals surface area contributed by atoms with Gasteiger partial charge in [0.15, 0.2) is 0 Å². The largest absolute Gasteiger partial charge is 0.467 e. The molecule has 1 aliphatic heterocycles. The zero-order valence-corrected chi connectivity index (χ0v) is 20.7. The topological polar surface area (TPSA) is 82.1 Å². The van der Waals surface area contributed by atoms with Gasteiger partial charge < -0.3 is 14.2 Å². The van der Waals surface area contributed by atoms with E-state index >= 15 is 0 Å². The van der Waals surface area contributed by atoms with Crippen LogP contribution in [0.1, 0.15) is 46.5 Å². The van der Waals surface area contributed by atoms with Crippen molar-refractivity contribution in [3.05, 3.63) is 12.2 Å². The zero-order valence-electron chi connectivity index (χ0n) is 19.7. The number of likely N-dealkylation sites (tertiary alicyclic amines) is 1. The summed E-state index contributed by atoms with van der Waals surface area (Å²) in [7, 11) is 0.105. The number of esters is 2. The van der Waals surface area contributed by atoms with Crippen molar-refractivity contribution >= 4 is 26.1 Å². The van der Waals surface area contributed by atoms with Crippen LogP contribution in [0.25, 0.3) is 0 Å². The third-order valence-electron chi connectivity index (χ3n) is 4.88. The molecular formula is C22H39NO6Si. The van der Waals surface area contributed by atoms with Gasteiger partial charge in [0.1, 0.15) is 11.6 Å². The average molecular weight is 442 g/mol. The Morgan fingerprint density at radius 2 is 1.83 bits per heavy atom. The van der Waals surface area contributed by atoms with Gasteiger partial charge in [0.05, 0.1) is 13.7 Å². The lowest BCUT2D eigenvalue weighted by Gasteiger charge is -2.39. The fraction of sp³-hybridized carbons (Fsp3) is 0.773. The van der Waals surface area contributed by atoms with E-state index in [9.17, 15) is 14.4 Å². The Morgan fingerprint density at radius 1 is 1.17 bits per heavy atom. The first kappa shape index (κ1) is 26.2. The molecule has 7 nitrogen and oxygen atoms in total. The van der Waals surface area contributed by atoms with E-state index in [1.807, 2.05) is 0 Å². The molecular weight excluding hydrogens is 402 g/mol.